The van der Waals surface area contributed by atoms with Crippen LogP contribution >= 0.6 is 0 Å². The van der Waals surface area contributed by atoms with Crippen molar-refractivity contribution >= 4 is 17.0 Å². The Hall–Kier alpha value is -0.578. The smallest absolute Gasteiger partial charge is 0.0774 e. The number of hydrogen-bond acceptors (Lipinski definition) is 1. The molecule has 0 saturated carbocycles. The van der Waals surface area contributed by atoms with Crippen LogP contribution in [0.4, 0.5) is 0 Å². The molecule has 0 saturated heterocycles. The molecule has 2 heteroatoms. The maximum absolute atomic E-state index is 4.28. The quantitative estimate of drug-likeness (QED) is 0.726. The van der Waals surface area contributed by atoms with E-state index in [1.807, 2.05) is 24.3 Å². The minimum Gasteiger partial charge on any atom is -0.256 e. The van der Waals surface area contributed by atoms with Crippen LogP contribution in [0.3, 0.4) is 0 Å². The van der Waals surface area contributed by atoms with E-state index in [0.717, 1.165) is 16.5 Å². The van der Waals surface area contributed by atoms with Crippen molar-refractivity contribution in [3.05, 3.63) is 48.7 Å². The van der Waals surface area contributed by atoms with E-state index < -0.39 is 0 Å². The first-order valence-corrected chi connectivity index (χ1v) is 3.88. The molecule has 2 aromatic rings. The average molecular weight is 393 g/mol. The molecule has 2 rings (SSSR count). The first-order valence-electron chi connectivity index (χ1n) is 3.88. The average Bonchev–Trinajstić information content (AvgIpc) is 2.17. The number of benzene rings is 1. The Kier molecular flexibility index (Phi) is 3.72. The van der Waals surface area contributed by atoms with Gasteiger partial charge in [0.2, 0.25) is 0 Å². The molecule has 1 aromatic carbocycles. The maximum atomic E-state index is 4.28. The fraction of sp³-hybridized carbons (Fsp3) is 0. The first-order chi connectivity index (χ1) is 5.92. The Bertz CT molecular complexity index is 418. The third-order valence-corrected chi connectivity index (χ3v) is 1.88. The summed E-state index contributed by atoms with van der Waals surface area (Å²) >= 11 is 0. The van der Waals surface area contributed by atoms with E-state index in [-0.39, 0.29) is 31.1 Å². The molecule has 0 atom stereocenters. The van der Waals surface area contributed by atoms with E-state index in [1.165, 1.54) is 0 Å². The summed E-state index contributed by atoms with van der Waals surface area (Å²) in [7, 11) is 0. The van der Waals surface area contributed by atoms with Crippen molar-refractivity contribution in [1.29, 1.82) is 0 Å². The molecule has 0 aliphatic heterocycles. The molecule has 1 aromatic heterocycles. The molecular formula is C11H9NU. The molecule has 0 aliphatic carbocycles. The molecule has 0 spiro atoms. The second-order valence-corrected chi connectivity index (χ2v) is 2.63. The number of aromatic nitrogens is 1. The van der Waals surface area contributed by atoms with Crippen molar-refractivity contribution < 1.29 is 31.1 Å². The Morgan fingerprint density at radius 2 is 1.92 bits per heavy atom. The Balaban J connectivity index is 0.000000845. The minimum atomic E-state index is 0. The molecule has 0 radical (unpaired) electrons. The van der Waals surface area contributed by atoms with Crippen molar-refractivity contribution in [2.24, 2.45) is 0 Å². The van der Waals surface area contributed by atoms with Crippen LogP contribution in [0.15, 0.2) is 43.1 Å². The van der Waals surface area contributed by atoms with Gasteiger partial charge in [0.1, 0.15) is 0 Å². The molecule has 0 aliphatic rings. The van der Waals surface area contributed by atoms with E-state index in [0.29, 0.717) is 0 Å². The number of hydrogen-bond donors (Lipinski definition) is 0. The number of rotatable bonds is 1. The van der Waals surface area contributed by atoms with Gasteiger partial charge < -0.3 is 0 Å². The molecule has 1 heterocycles. The van der Waals surface area contributed by atoms with Gasteiger partial charge in [-0.2, -0.15) is 0 Å². The maximum Gasteiger partial charge on any atom is 0.0774 e. The summed E-state index contributed by atoms with van der Waals surface area (Å²) in [5.74, 6) is 0. The monoisotopic (exact) mass is 393 g/mol. The number of nitrogens with zero attached hydrogens (tertiary/aromatic N) is 1. The van der Waals surface area contributed by atoms with Gasteiger partial charge in [-0.05, 0) is 6.07 Å². The Labute approximate surface area is 101 Å². The molecular weight excluding hydrogens is 384 g/mol. The van der Waals surface area contributed by atoms with Gasteiger partial charge in [0, 0.05) is 48.3 Å². The summed E-state index contributed by atoms with van der Waals surface area (Å²) in [6.07, 6.45) is 3.63. The van der Waals surface area contributed by atoms with Crippen molar-refractivity contribution in [2.45, 2.75) is 0 Å². The third kappa shape index (κ3) is 2.02. The zero-order valence-corrected chi connectivity index (χ0v) is 11.4. The summed E-state index contributed by atoms with van der Waals surface area (Å²) in [6.45, 7) is 3.74. The summed E-state index contributed by atoms with van der Waals surface area (Å²) in [4.78, 5) is 4.28. The zero-order chi connectivity index (χ0) is 8.39. The fourth-order valence-corrected chi connectivity index (χ4v) is 1.29. The van der Waals surface area contributed by atoms with Gasteiger partial charge in [0.05, 0.1) is 5.52 Å². The van der Waals surface area contributed by atoms with E-state index in [2.05, 4.69) is 23.7 Å². The predicted octanol–water partition coefficient (Wildman–Crippen LogP) is 2.88. The number of pyridine rings is 1. The van der Waals surface area contributed by atoms with Gasteiger partial charge in [-0.1, -0.05) is 36.9 Å². The molecule has 0 unspecified atom stereocenters. The van der Waals surface area contributed by atoms with Crippen molar-refractivity contribution in [1.82, 2.24) is 4.98 Å². The number of fused-ring (bicyclic) bond motifs is 1. The van der Waals surface area contributed by atoms with E-state index in [1.54, 1.807) is 6.20 Å². The fourth-order valence-electron chi connectivity index (χ4n) is 1.29. The van der Waals surface area contributed by atoms with Crippen molar-refractivity contribution in [2.75, 3.05) is 0 Å². The summed E-state index contributed by atoms with van der Waals surface area (Å²) in [5.41, 5.74) is 2.11. The zero-order valence-electron chi connectivity index (χ0n) is 7.20. The van der Waals surface area contributed by atoms with E-state index in [9.17, 15) is 0 Å². The topological polar surface area (TPSA) is 12.9 Å². The minimum absolute atomic E-state index is 0. The molecule has 62 valence electrons. The predicted molar refractivity (Wildman–Crippen MR) is 51.8 cm³/mol. The van der Waals surface area contributed by atoms with Crippen LogP contribution in [0.1, 0.15) is 5.56 Å². The van der Waals surface area contributed by atoms with Crippen molar-refractivity contribution in [3.8, 4) is 0 Å². The number of para-hydroxylation sites is 1. The summed E-state index contributed by atoms with van der Waals surface area (Å²) < 4.78 is 0. The van der Waals surface area contributed by atoms with Crippen LogP contribution in [-0.2, 0) is 0 Å². The SMILES string of the molecule is C=Cc1cccc2cccnc12.[U]. The third-order valence-electron chi connectivity index (χ3n) is 1.88. The Morgan fingerprint density at radius 1 is 1.15 bits per heavy atom. The van der Waals surface area contributed by atoms with Crippen LogP contribution in [0.5, 0.6) is 0 Å². The first kappa shape index (κ1) is 10.5. The molecule has 1 nitrogen and oxygen atoms in total. The summed E-state index contributed by atoms with van der Waals surface area (Å²) in [6, 6.07) is 10.1. The second-order valence-electron chi connectivity index (χ2n) is 2.63. The van der Waals surface area contributed by atoms with Gasteiger partial charge in [-0.15, -0.1) is 0 Å². The largest absolute Gasteiger partial charge is 0.256 e. The second kappa shape index (κ2) is 4.60. The molecule has 13 heavy (non-hydrogen) atoms. The van der Waals surface area contributed by atoms with Crippen LogP contribution in [0, 0.1) is 31.1 Å². The van der Waals surface area contributed by atoms with Crippen LogP contribution < -0.4 is 0 Å². The van der Waals surface area contributed by atoms with Crippen molar-refractivity contribution in [3.63, 3.8) is 0 Å². The normalized spacial score (nSPS) is 9.23. The molecule has 0 N–H and O–H groups in total. The van der Waals surface area contributed by atoms with E-state index >= 15 is 0 Å². The molecule has 0 amide bonds. The van der Waals surface area contributed by atoms with Crippen LogP contribution in [0.2, 0.25) is 0 Å². The van der Waals surface area contributed by atoms with Gasteiger partial charge in [0.25, 0.3) is 0 Å². The van der Waals surface area contributed by atoms with Gasteiger partial charge in [-0.3, -0.25) is 4.98 Å². The van der Waals surface area contributed by atoms with Gasteiger partial charge >= 0.3 is 0 Å². The standard InChI is InChI=1S/C11H9N.U/c1-2-9-5-3-6-10-7-4-8-12-11(9)10;/h2-8H,1H2;. The molecule has 0 bridgehead atoms. The molecule has 0 fully saturated rings. The Morgan fingerprint density at radius 3 is 2.69 bits per heavy atom. The van der Waals surface area contributed by atoms with E-state index in [4.69, 9.17) is 0 Å². The van der Waals surface area contributed by atoms with Crippen LogP contribution in [-0.4, -0.2) is 4.98 Å². The summed E-state index contributed by atoms with van der Waals surface area (Å²) in [5, 5.41) is 1.16. The van der Waals surface area contributed by atoms with Crippen LogP contribution in [0.25, 0.3) is 17.0 Å². The van der Waals surface area contributed by atoms with Gasteiger partial charge in [-0.25, -0.2) is 0 Å². The van der Waals surface area contributed by atoms with Gasteiger partial charge in [0.15, 0.2) is 0 Å².